The number of fused-ring (bicyclic) bond motifs is 1. The molecular weight excluding hydrogens is 262 g/mol. The van der Waals surface area contributed by atoms with Gasteiger partial charge in [-0.2, -0.15) is 0 Å². The molecule has 0 heterocycles. The summed E-state index contributed by atoms with van der Waals surface area (Å²) in [5.74, 6) is 4.48. The van der Waals surface area contributed by atoms with Gasteiger partial charge in [0, 0.05) is 6.04 Å². The average molecular weight is 289 g/mol. The third-order valence-electron chi connectivity index (χ3n) is 5.46. The third-order valence-corrected chi connectivity index (χ3v) is 5.46. The second-order valence-corrected chi connectivity index (χ2v) is 6.48. The lowest BCUT2D eigenvalue weighted by molar-refractivity contribution is 0.354. The molecule has 0 aromatic heterocycles. The Kier molecular flexibility index (Phi) is 4.39. The highest BCUT2D eigenvalue weighted by molar-refractivity contribution is 5.43. The van der Waals surface area contributed by atoms with E-state index in [-0.39, 0.29) is 0 Å². The first-order valence-corrected chi connectivity index (χ1v) is 8.16. The lowest BCUT2D eigenvalue weighted by Gasteiger charge is -2.18. The second-order valence-electron chi connectivity index (χ2n) is 6.48. The molecule has 3 unspecified atom stereocenters. The molecule has 21 heavy (non-hydrogen) atoms. The van der Waals surface area contributed by atoms with Gasteiger partial charge in [-0.05, 0) is 61.8 Å². The zero-order valence-electron chi connectivity index (χ0n) is 13.4. The van der Waals surface area contributed by atoms with Gasteiger partial charge in [-0.1, -0.05) is 18.9 Å². The Balaban J connectivity index is 1.69. The maximum Gasteiger partial charge on any atom is 0.160 e. The molecule has 2 aliphatic rings. The van der Waals surface area contributed by atoms with Crippen LogP contribution in [0.4, 0.5) is 0 Å². The van der Waals surface area contributed by atoms with Crippen LogP contribution >= 0.6 is 0 Å². The van der Waals surface area contributed by atoms with Crippen molar-refractivity contribution in [1.82, 2.24) is 5.32 Å². The van der Waals surface area contributed by atoms with Crippen LogP contribution in [-0.2, 0) is 6.42 Å². The van der Waals surface area contributed by atoms with E-state index in [1.807, 2.05) is 6.07 Å². The van der Waals surface area contributed by atoms with Gasteiger partial charge in [-0.3, -0.25) is 0 Å². The summed E-state index contributed by atoms with van der Waals surface area (Å²) < 4.78 is 10.7. The molecule has 0 radical (unpaired) electrons. The molecule has 1 N–H and O–H groups in total. The van der Waals surface area contributed by atoms with E-state index in [1.54, 1.807) is 14.2 Å². The summed E-state index contributed by atoms with van der Waals surface area (Å²) in [5, 5.41) is 3.56. The fraction of sp³-hybridized carbons (Fsp3) is 0.667. The van der Waals surface area contributed by atoms with E-state index in [0.717, 1.165) is 35.7 Å². The molecular formula is C18H27NO2. The molecule has 0 spiro atoms. The van der Waals surface area contributed by atoms with Gasteiger partial charge in [0.05, 0.1) is 14.2 Å². The average Bonchev–Trinajstić information content (AvgIpc) is 3.26. The van der Waals surface area contributed by atoms with Crippen LogP contribution in [0.25, 0.3) is 0 Å². The number of rotatable bonds is 6. The Labute approximate surface area is 128 Å². The molecule has 0 aliphatic heterocycles. The summed E-state index contributed by atoms with van der Waals surface area (Å²) in [6.07, 6.45) is 6.84. The van der Waals surface area contributed by atoms with Crippen molar-refractivity contribution in [3.63, 3.8) is 0 Å². The van der Waals surface area contributed by atoms with Gasteiger partial charge in [0.25, 0.3) is 0 Å². The summed E-state index contributed by atoms with van der Waals surface area (Å²) in [4.78, 5) is 0. The minimum Gasteiger partial charge on any atom is -0.493 e. The SMILES string of the molecule is CNC(Cc1ccc(OC)c(OC)c1)C1C2CCCCC21. The summed E-state index contributed by atoms with van der Waals surface area (Å²) in [6, 6.07) is 6.89. The summed E-state index contributed by atoms with van der Waals surface area (Å²) in [7, 11) is 5.49. The monoisotopic (exact) mass is 289 g/mol. The third kappa shape index (κ3) is 2.89. The van der Waals surface area contributed by atoms with Gasteiger partial charge in [0.1, 0.15) is 0 Å². The van der Waals surface area contributed by atoms with E-state index in [1.165, 1.54) is 31.2 Å². The van der Waals surface area contributed by atoms with Crippen molar-refractivity contribution in [2.75, 3.05) is 21.3 Å². The van der Waals surface area contributed by atoms with Crippen LogP contribution in [-0.4, -0.2) is 27.3 Å². The quantitative estimate of drug-likeness (QED) is 0.872. The Hall–Kier alpha value is -1.22. The van der Waals surface area contributed by atoms with Gasteiger partial charge in [0.2, 0.25) is 0 Å². The van der Waals surface area contributed by atoms with Crippen LogP contribution in [0, 0.1) is 17.8 Å². The van der Waals surface area contributed by atoms with Gasteiger partial charge in [-0.15, -0.1) is 0 Å². The van der Waals surface area contributed by atoms with Crippen molar-refractivity contribution in [3.05, 3.63) is 23.8 Å². The first-order valence-electron chi connectivity index (χ1n) is 8.16. The van der Waals surface area contributed by atoms with E-state index in [0.29, 0.717) is 6.04 Å². The van der Waals surface area contributed by atoms with E-state index in [2.05, 4.69) is 24.5 Å². The first kappa shape index (κ1) is 14.7. The largest absolute Gasteiger partial charge is 0.493 e. The normalized spacial score (nSPS) is 28.6. The Morgan fingerprint density at radius 3 is 2.33 bits per heavy atom. The fourth-order valence-electron chi connectivity index (χ4n) is 4.34. The smallest absolute Gasteiger partial charge is 0.160 e. The molecule has 3 atom stereocenters. The van der Waals surface area contributed by atoms with Crippen LogP contribution in [0.2, 0.25) is 0 Å². The van der Waals surface area contributed by atoms with Gasteiger partial charge in [0.15, 0.2) is 11.5 Å². The number of hydrogen-bond donors (Lipinski definition) is 1. The predicted molar refractivity (Wildman–Crippen MR) is 85.0 cm³/mol. The standard InChI is InChI=1S/C18H27NO2/c1-19-15(18-13-6-4-5-7-14(13)18)10-12-8-9-16(20-2)17(11-12)21-3/h8-9,11,13-15,18-19H,4-7,10H2,1-3H3. The van der Waals surface area contributed by atoms with Crippen molar-refractivity contribution in [2.45, 2.75) is 38.1 Å². The lowest BCUT2D eigenvalue weighted by Crippen LogP contribution is -2.31. The van der Waals surface area contributed by atoms with Crippen LogP contribution in [0.5, 0.6) is 11.5 Å². The highest BCUT2D eigenvalue weighted by atomic mass is 16.5. The van der Waals surface area contributed by atoms with Gasteiger partial charge < -0.3 is 14.8 Å². The zero-order chi connectivity index (χ0) is 14.8. The van der Waals surface area contributed by atoms with Crippen molar-refractivity contribution in [1.29, 1.82) is 0 Å². The van der Waals surface area contributed by atoms with Crippen molar-refractivity contribution >= 4 is 0 Å². The minimum atomic E-state index is 0.594. The molecule has 3 rings (SSSR count). The molecule has 116 valence electrons. The number of likely N-dealkylation sites (N-methyl/N-ethyl adjacent to an activating group) is 1. The number of ether oxygens (including phenoxy) is 2. The molecule has 2 aliphatic carbocycles. The number of nitrogens with one attached hydrogen (secondary N) is 1. The highest BCUT2D eigenvalue weighted by Gasteiger charge is 2.53. The molecule has 3 nitrogen and oxygen atoms in total. The first-order chi connectivity index (χ1) is 10.3. The van der Waals surface area contributed by atoms with Crippen LogP contribution < -0.4 is 14.8 Å². The Bertz CT molecular complexity index is 476. The lowest BCUT2D eigenvalue weighted by atomic mass is 9.99. The molecule has 0 bridgehead atoms. The second kappa shape index (κ2) is 6.27. The number of methoxy groups -OCH3 is 2. The molecule has 1 aromatic carbocycles. The maximum absolute atomic E-state index is 5.42. The Morgan fingerprint density at radius 2 is 1.76 bits per heavy atom. The summed E-state index contributed by atoms with van der Waals surface area (Å²) >= 11 is 0. The molecule has 0 saturated heterocycles. The van der Waals surface area contributed by atoms with E-state index in [9.17, 15) is 0 Å². The molecule has 2 saturated carbocycles. The maximum atomic E-state index is 5.42. The number of benzene rings is 1. The van der Waals surface area contributed by atoms with Gasteiger partial charge >= 0.3 is 0 Å². The van der Waals surface area contributed by atoms with Crippen molar-refractivity contribution in [2.24, 2.45) is 17.8 Å². The minimum absolute atomic E-state index is 0.594. The fourth-order valence-corrected chi connectivity index (χ4v) is 4.34. The molecule has 0 amide bonds. The summed E-state index contributed by atoms with van der Waals surface area (Å²) in [6.45, 7) is 0. The zero-order valence-corrected chi connectivity index (χ0v) is 13.4. The van der Waals surface area contributed by atoms with Crippen LogP contribution in [0.1, 0.15) is 31.2 Å². The topological polar surface area (TPSA) is 30.5 Å². The van der Waals surface area contributed by atoms with Crippen LogP contribution in [0.3, 0.4) is 0 Å². The van der Waals surface area contributed by atoms with Crippen LogP contribution in [0.15, 0.2) is 18.2 Å². The highest BCUT2D eigenvalue weighted by Crippen LogP contribution is 2.57. The van der Waals surface area contributed by atoms with E-state index < -0.39 is 0 Å². The Morgan fingerprint density at radius 1 is 1.10 bits per heavy atom. The molecule has 1 aromatic rings. The van der Waals surface area contributed by atoms with Gasteiger partial charge in [-0.25, -0.2) is 0 Å². The molecule has 2 fully saturated rings. The molecule has 3 heteroatoms. The summed E-state index contributed by atoms with van der Waals surface area (Å²) in [5.41, 5.74) is 1.33. The van der Waals surface area contributed by atoms with Crippen molar-refractivity contribution < 1.29 is 9.47 Å². The van der Waals surface area contributed by atoms with Crippen molar-refractivity contribution in [3.8, 4) is 11.5 Å². The predicted octanol–water partition coefficient (Wildman–Crippen LogP) is 3.27. The van der Waals surface area contributed by atoms with E-state index in [4.69, 9.17) is 9.47 Å². The number of hydrogen-bond acceptors (Lipinski definition) is 3. The van der Waals surface area contributed by atoms with E-state index >= 15 is 0 Å².